The molecule has 0 bridgehead atoms. The van der Waals surface area contributed by atoms with Gasteiger partial charge in [0.15, 0.2) is 5.82 Å². The van der Waals surface area contributed by atoms with Crippen molar-refractivity contribution in [2.75, 3.05) is 0 Å². The molecule has 1 fully saturated rings. The van der Waals surface area contributed by atoms with Gasteiger partial charge in [-0.25, -0.2) is 9.67 Å². The minimum absolute atomic E-state index is 0.594. The van der Waals surface area contributed by atoms with Gasteiger partial charge in [-0.15, -0.1) is 0 Å². The zero-order valence-corrected chi connectivity index (χ0v) is 10.4. The fourth-order valence-corrected chi connectivity index (χ4v) is 2.61. The molecule has 17 heavy (non-hydrogen) atoms. The molecular weight excluding hydrogens is 210 g/mol. The highest BCUT2D eigenvalue weighted by molar-refractivity contribution is 5.45. The molecule has 0 aromatic carbocycles. The van der Waals surface area contributed by atoms with Crippen LogP contribution in [0.5, 0.6) is 0 Å². The van der Waals surface area contributed by atoms with Crippen molar-refractivity contribution in [1.29, 1.82) is 0 Å². The van der Waals surface area contributed by atoms with E-state index in [1.807, 2.05) is 0 Å². The predicted octanol–water partition coefficient (Wildman–Crippen LogP) is 4.14. The minimum atomic E-state index is 0.594. The summed E-state index contributed by atoms with van der Waals surface area (Å²) in [5, 5.41) is 4.56. The van der Waals surface area contributed by atoms with Crippen LogP contribution in [0.2, 0.25) is 0 Å². The Kier molecular flexibility index (Phi) is 4.13. The highest BCUT2D eigenvalue weighted by Gasteiger charge is 2.17. The lowest BCUT2D eigenvalue weighted by Crippen LogP contribution is -2.03. The number of hydrogen-bond donors (Lipinski definition) is 0. The molecule has 0 atom stereocenters. The zero-order valence-electron chi connectivity index (χ0n) is 10.4. The third-order valence-corrected chi connectivity index (χ3v) is 3.59. The van der Waals surface area contributed by atoms with Gasteiger partial charge >= 0.3 is 0 Å². The number of rotatable bonds is 3. The molecule has 1 aromatic heterocycles. The highest BCUT2D eigenvalue weighted by atomic mass is 15.3. The Bertz CT molecular complexity index is 359. The van der Waals surface area contributed by atoms with E-state index in [9.17, 15) is 0 Å². The maximum absolute atomic E-state index is 4.56. The summed E-state index contributed by atoms with van der Waals surface area (Å²) in [6, 6.07) is 2.06. The largest absolute Gasteiger partial charge is 0.245 e. The van der Waals surface area contributed by atoms with Crippen molar-refractivity contribution >= 4 is 18.7 Å². The molecule has 2 rings (SSSR count). The van der Waals surface area contributed by atoms with Gasteiger partial charge in [0.25, 0.3) is 0 Å². The van der Waals surface area contributed by atoms with Crippen LogP contribution in [0.4, 0.5) is 5.82 Å². The summed E-state index contributed by atoms with van der Waals surface area (Å²) in [6.07, 6.45) is 11.0. The Morgan fingerprint density at radius 1 is 1.24 bits per heavy atom. The average molecular weight is 231 g/mol. The van der Waals surface area contributed by atoms with E-state index in [2.05, 4.69) is 29.5 Å². The van der Waals surface area contributed by atoms with Crippen molar-refractivity contribution < 1.29 is 0 Å². The molecular formula is C14H21N3. The first-order valence-corrected chi connectivity index (χ1v) is 6.54. The van der Waals surface area contributed by atoms with Crippen LogP contribution in [0.25, 0.3) is 6.20 Å². The van der Waals surface area contributed by atoms with Gasteiger partial charge in [0, 0.05) is 18.2 Å². The third-order valence-electron chi connectivity index (χ3n) is 3.59. The Morgan fingerprint density at radius 3 is 2.41 bits per heavy atom. The Labute approximate surface area is 103 Å². The topological polar surface area (TPSA) is 30.2 Å². The first-order valence-electron chi connectivity index (χ1n) is 6.54. The SMILES string of the molecule is C=Cn1nc(C2CCCCCCC2)cc1N=C. The summed E-state index contributed by atoms with van der Waals surface area (Å²) in [6.45, 7) is 7.32. The second kappa shape index (κ2) is 5.80. The van der Waals surface area contributed by atoms with Crippen molar-refractivity contribution in [2.45, 2.75) is 50.9 Å². The van der Waals surface area contributed by atoms with Crippen molar-refractivity contribution in [1.82, 2.24) is 9.78 Å². The molecule has 0 N–H and O–H groups in total. The summed E-state index contributed by atoms with van der Waals surface area (Å²) >= 11 is 0. The number of nitrogens with zero attached hydrogens (tertiary/aromatic N) is 3. The first-order chi connectivity index (χ1) is 8.35. The molecule has 1 aromatic rings. The van der Waals surface area contributed by atoms with Gasteiger partial charge in [-0.05, 0) is 19.6 Å². The van der Waals surface area contributed by atoms with Crippen LogP contribution < -0.4 is 0 Å². The molecule has 1 saturated carbocycles. The molecule has 0 unspecified atom stereocenters. The first kappa shape index (κ1) is 12.1. The van der Waals surface area contributed by atoms with Crippen LogP contribution in [0.15, 0.2) is 17.6 Å². The zero-order chi connectivity index (χ0) is 12.1. The molecule has 0 spiro atoms. The maximum Gasteiger partial charge on any atom is 0.154 e. The molecule has 3 nitrogen and oxygen atoms in total. The lowest BCUT2D eigenvalue weighted by Gasteiger charge is -2.17. The van der Waals surface area contributed by atoms with Gasteiger partial charge in [-0.1, -0.05) is 38.7 Å². The fourth-order valence-electron chi connectivity index (χ4n) is 2.61. The smallest absolute Gasteiger partial charge is 0.154 e. The van der Waals surface area contributed by atoms with Crippen molar-refractivity contribution in [3.8, 4) is 0 Å². The molecule has 0 saturated heterocycles. The van der Waals surface area contributed by atoms with E-state index in [4.69, 9.17) is 0 Å². The summed E-state index contributed by atoms with van der Waals surface area (Å²) in [7, 11) is 0. The average Bonchev–Trinajstić information content (AvgIpc) is 2.71. The van der Waals surface area contributed by atoms with Crippen molar-refractivity contribution in [3.05, 3.63) is 18.3 Å². The molecule has 0 amide bonds. The van der Waals surface area contributed by atoms with Crippen LogP contribution in [0.1, 0.15) is 56.6 Å². The Balaban J connectivity index is 2.16. The van der Waals surface area contributed by atoms with Crippen molar-refractivity contribution in [2.24, 2.45) is 4.99 Å². The number of aliphatic imine (C=N–C) groups is 1. The van der Waals surface area contributed by atoms with E-state index in [0.717, 1.165) is 11.5 Å². The van der Waals surface area contributed by atoms with Gasteiger partial charge < -0.3 is 0 Å². The van der Waals surface area contributed by atoms with Gasteiger partial charge in [-0.2, -0.15) is 5.10 Å². The molecule has 0 radical (unpaired) electrons. The minimum Gasteiger partial charge on any atom is -0.245 e. The Hall–Kier alpha value is -1.38. The second-order valence-electron chi connectivity index (χ2n) is 4.75. The van der Waals surface area contributed by atoms with E-state index in [1.165, 1.54) is 44.9 Å². The van der Waals surface area contributed by atoms with E-state index in [-0.39, 0.29) is 0 Å². The second-order valence-corrected chi connectivity index (χ2v) is 4.75. The van der Waals surface area contributed by atoms with Gasteiger partial charge in [0.2, 0.25) is 0 Å². The van der Waals surface area contributed by atoms with Crippen LogP contribution in [-0.2, 0) is 0 Å². The third kappa shape index (κ3) is 2.84. The summed E-state index contributed by atoms with van der Waals surface area (Å²) < 4.78 is 1.72. The standard InChI is InChI=1S/C14H21N3/c1-3-17-14(15-2)11-13(16-17)12-9-7-5-4-6-8-10-12/h3,11-12H,1-2,4-10H2. The van der Waals surface area contributed by atoms with Crippen LogP contribution in [-0.4, -0.2) is 16.5 Å². The quantitative estimate of drug-likeness (QED) is 0.719. The number of aromatic nitrogens is 2. The van der Waals surface area contributed by atoms with E-state index >= 15 is 0 Å². The highest BCUT2D eigenvalue weighted by Crippen LogP contribution is 2.31. The predicted molar refractivity (Wildman–Crippen MR) is 72.9 cm³/mol. The molecule has 1 aliphatic rings. The summed E-state index contributed by atoms with van der Waals surface area (Å²) in [5.74, 6) is 1.40. The molecule has 92 valence electrons. The van der Waals surface area contributed by atoms with Crippen LogP contribution in [0.3, 0.4) is 0 Å². The summed E-state index contributed by atoms with van der Waals surface area (Å²) in [4.78, 5) is 3.98. The lowest BCUT2D eigenvalue weighted by molar-refractivity contribution is 0.448. The monoisotopic (exact) mass is 231 g/mol. The van der Waals surface area contributed by atoms with Gasteiger partial charge in [0.05, 0.1) is 5.69 Å². The van der Waals surface area contributed by atoms with Crippen LogP contribution in [0, 0.1) is 0 Å². The van der Waals surface area contributed by atoms with E-state index in [0.29, 0.717) is 5.92 Å². The Morgan fingerprint density at radius 2 is 1.88 bits per heavy atom. The maximum atomic E-state index is 4.56. The van der Waals surface area contributed by atoms with Crippen LogP contribution >= 0.6 is 0 Å². The van der Waals surface area contributed by atoms with Gasteiger partial charge in [0.1, 0.15) is 0 Å². The molecule has 0 aliphatic heterocycles. The molecule has 3 heteroatoms. The lowest BCUT2D eigenvalue weighted by atomic mass is 9.89. The van der Waals surface area contributed by atoms with Gasteiger partial charge in [-0.3, -0.25) is 0 Å². The molecule has 1 heterocycles. The molecule has 1 aliphatic carbocycles. The summed E-state index contributed by atoms with van der Waals surface area (Å²) in [5.41, 5.74) is 1.16. The van der Waals surface area contributed by atoms with E-state index < -0.39 is 0 Å². The fraction of sp³-hybridized carbons (Fsp3) is 0.571. The normalized spacial score (nSPS) is 18.4. The van der Waals surface area contributed by atoms with Crippen molar-refractivity contribution in [3.63, 3.8) is 0 Å². The number of hydrogen-bond acceptors (Lipinski definition) is 2. The van der Waals surface area contributed by atoms with E-state index in [1.54, 1.807) is 10.9 Å².